The first-order valence-corrected chi connectivity index (χ1v) is 8.47. The highest BCUT2D eigenvalue weighted by Crippen LogP contribution is 2.36. The number of hydrogen-bond acceptors (Lipinski definition) is 4. The van der Waals surface area contributed by atoms with E-state index in [4.69, 9.17) is 4.74 Å². The van der Waals surface area contributed by atoms with Gasteiger partial charge in [-0.05, 0) is 43.2 Å². The summed E-state index contributed by atoms with van der Waals surface area (Å²) in [6, 6.07) is 7.86. The molecule has 0 saturated carbocycles. The Morgan fingerprint density at radius 3 is 2.58 bits per heavy atom. The molecule has 1 aromatic heterocycles. The molecule has 2 heterocycles. The molecule has 1 amide bonds. The van der Waals surface area contributed by atoms with Crippen LogP contribution in [0.15, 0.2) is 30.3 Å². The average Bonchev–Trinajstić information content (AvgIpc) is 2.79. The highest BCUT2D eigenvalue weighted by atomic mass is 16.5. The molecule has 0 saturated heterocycles. The van der Waals surface area contributed by atoms with E-state index in [1.54, 1.807) is 12.0 Å². The summed E-state index contributed by atoms with van der Waals surface area (Å²) in [5, 5.41) is 20.5. The summed E-state index contributed by atoms with van der Waals surface area (Å²) >= 11 is 0. The van der Waals surface area contributed by atoms with Gasteiger partial charge in [-0.2, -0.15) is 0 Å². The molecule has 4 rings (SSSR count). The van der Waals surface area contributed by atoms with Gasteiger partial charge in [-0.15, -0.1) is 0 Å². The number of phenols is 2. The summed E-state index contributed by atoms with van der Waals surface area (Å²) in [6.45, 7) is 2.98. The number of H-pyrrole nitrogens is 1. The molecule has 0 spiro atoms. The van der Waals surface area contributed by atoms with Gasteiger partial charge in [0.1, 0.15) is 17.2 Å². The third kappa shape index (κ3) is 2.54. The van der Waals surface area contributed by atoms with Gasteiger partial charge in [-0.25, -0.2) is 0 Å². The number of carbonyl (C=O) groups excluding carboxylic acids is 1. The van der Waals surface area contributed by atoms with Crippen LogP contribution < -0.4 is 4.74 Å². The smallest absolute Gasteiger partial charge is 0.254 e. The number of aromatic nitrogens is 1. The number of ether oxygens (including phenoxy) is 1. The Hall–Kier alpha value is -3.15. The first-order chi connectivity index (χ1) is 12.5. The number of rotatable bonds is 2. The Kier molecular flexibility index (Phi) is 3.76. The largest absolute Gasteiger partial charge is 0.508 e. The van der Waals surface area contributed by atoms with Crippen molar-refractivity contribution in [2.24, 2.45) is 0 Å². The molecule has 26 heavy (non-hydrogen) atoms. The Morgan fingerprint density at radius 2 is 1.88 bits per heavy atom. The van der Waals surface area contributed by atoms with Gasteiger partial charge in [0.15, 0.2) is 0 Å². The van der Waals surface area contributed by atoms with E-state index in [0.29, 0.717) is 13.1 Å². The van der Waals surface area contributed by atoms with Gasteiger partial charge in [-0.3, -0.25) is 4.79 Å². The van der Waals surface area contributed by atoms with Gasteiger partial charge in [0.25, 0.3) is 5.91 Å². The maximum Gasteiger partial charge on any atom is 0.254 e. The van der Waals surface area contributed by atoms with E-state index in [1.165, 1.54) is 23.8 Å². The van der Waals surface area contributed by atoms with Crippen molar-refractivity contribution < 1.29 is 19.7 Å². The van der Waals surface area contributed by atoms with Crippen LogP contribution in [0.2, 0.25) is 0 Å². The summed E-state index contributed by atoms with van der Waals surface area (Å²) in [7, 11) is 1.63. The zero-order valence-corrected chi connectivity index (χ0v) is 14.7. The average molecular weight is 352 g/mol. The molecule has 0 fully saturated rings. The van der Waals surface area contributed by atoms with Crippen molar-refractivity contribution >= 4 is 16.8 Å². The molecular weight excluding hydrogens is 332 g/mol. The van der Waals surface area contributed by atoms with Crippen LogP contribution in [0.25, 0.3) is 10.9 Å². The second-order valence-corrected chi connectivity index (χ2v) is 6.61. The normalized spacial score (nSPS) is 13.7. The van der Waals surface area contributed by atoms with Gasteiger partial charge in [0.2, 0.25) is 0 Å². The predicted octanol–water partition coefficient (Wildman–Crippen LogP) is 3.09. The molecule has 3 aromatic rings. The molecule has 0 aliphatic carbocycles. The summed E-state index contributed by atoms with van der Waals surface area (Å²) in [4.78, 5) is 18.1. The number of aromatic hydroxyl groups is 2. The third-order valence-electron chi connectivity index (χ3n) is 4.98. The first-order valence-electron chi connectivity index (χ1n) is 8.47. The molecule has 1 aliphatic heterocycles. The van der Waals surface area contributed by atoms with Crippen molar-refractivity contribution in [3.8, 4) is 17.2 Å². The SMILES string of the molecule is COc1ccc2[nH]c(C)c3c2c1CN(C(=O)c1cc(O)cc(O)c1)CC3. The monoisotopic (exact) mass is 352 g/mol. The number of hydrogen-bond donors (Lipinski definition) is 3. The molecule has 6 nitrogen and oxygen atoms in total. The fourth-order valence-electron chi connectivity index (χ4n) is 3.79. The first kappa shape index (κ1) is 16.3. The van der Waals surface area contributed by atoms with Gasteiger partial charge in [0.05, 0.1) is 13.7 Å². The van der Waals surface area contributed by atoms with Crippen LogP contribution in [0.5, 0.6) is 17.2 Å². The minimum Gasteiger partial charge on any atom is -0.508 e. The van der Waals surface area contributed by atoms with E-state index in [9.17, 15) is 15.0 Å². The second kappa shape index (κ2) is 5.98. The fourth-order valence-corrected chi connectivity index (χ4v) is 3.79. The van der Waals surface area contributed by atoms with E-state index in [2.05, 4.69) is 4.98 Å². The summed E-state index contributed by atoms with van der Waals surface area (Å²) < 4.78 is 5.54. The number of methoxy groups -OCH3 is 1. The maximum atomic E-state index is 13.0. The van der Waals surface area contributed by atoms with Crippen molar-refractivity contribution in [3.63, 3.8) is 0 Å². The Labute approximate surface area is 150 Å². The zero-order chi connectivity index (χ0) is 18.4. The highest BCUT2D eigenvalue weighted by molar-refractivity contribution is 5.96. The van der Waals surface area contributed by atoms with Crippen molar-refractivity contribution in [2.45, 2.75) is 19.9 Å². The predicted molar refractivity (Wildman–Crippen MR) is 97.8 cm³/mol. The Balaban J connectivity index is 1.78. The van der Waals surface area contributed by atoms with E-state index in [-0.39, 0.29) is 23.0 Å². The van der Waals surface area contributed by atoms with Crippen LogP contribution in [0.1, 0.15) is 27.2 Å². The standard InChI is InChI=1S/C20H20N2O4/c1-11-15-5-6-22(20(25)12-7-13(23)9-14(24)8-12)10-16-18(26-2)4-3-17(21-11)19(15)16/h3-4,7-9,21,23-24H,5-6,10H2,1-2H3. The lowest BCUT2D eigenvalue weighted by Crippen LogP contribution is -2.31. The molecule has 1 aliphatic rings. The summed E-state index contributed by atoms with van der Waals surface area (Å²) in [6.07, 6.45) is 0.725. The number of nitrogens with one attached hydrogen (secondary N) is 1. The Bertz CT molecular complexity index is 1000. The molecule has 3 N–H and O–H groups in total. The molecule has 6 heteroatoms. The number of nitrogens with zero attached hydrogens (tertiary/aromatic N) is 1. The molecule has 0 atom stereocenters. The minimum atomic E-state index is -0.234. The van der Waals surface area contributed by atoms with Gasteiger partial charge in [0, 0.05) is 40.3 Å². The third-order valence-corrected chi connectivity index (χ3v) is 4.98. The summed E-state index contributed by atoms with van der Waals surface area (Å²) in [5.41, 5.74) is 4.57. The van der Waals surface area contributed by atoms with Crippen LogP contribution in [-0.2, 0) is 13.0 Å². The number of benzene rings is 2. The topological polar surface area (TPSA) is 85.8 Å². The molecule has 0 radical (unpaired) electrons. The number of amides is 1. The number of phenolic OH excluding ortho intramolecular Hbond substituents is 2. The Morgan fingerprint density at radius 1 is 1.15 bits per heavy atom. The second-order valence-electron chi connectivity index (χ2n) is 6.61. The van der Waals surface area contributed by atoms with E-state index >= 15 is 0 Å². The van der Waals surface area contributed by atoms with Crippen LogP contribution in [0, 0.1) is 6.92 Å². The number of aryl methyl sites for hydroxylation is 1. The van der Waals surface area contributed by atoms with Crippen LogP contribution in [0.3, 0.4) is 0 Å². The van der Waals surface area contributed by atoms with Crippen molar-refractivity contribution in [1.29, 1.82) is 0 Å². The molecule has 2 aromatic carbocycles. The van der Waals surface area contributed by atoms with Crippen LogP contribution >= 0.6 is 0 Å². The van der Waals surface area contributed by atoms with E-state index in [1.807, 2.05) is 19.1 Å². The van der Waals surface area contributed by atoms with Crippen molar-refractivity contribution in [3.05, 3.63) is 52.7 Å². The molecule has 0 unspecified atom stereocenters. The van der Waals surface area contributed by atoms with Gasteiger partial charge < -0.3 is 24.8 Å². The molecule has 134 valence electrons. The quantitative estimate of drug-likeness (QED) is 0.661. The van der Waals surface area contributed by atoms with Crippen molar-refractivity contribution in [1.82, 2.24) is 9.88 Å². The van der Waals surface area contributed by atoms with Gasteiger partial charge in [-0.1, -0.05) is 0 Å². The van der Waals surface area contributed by atoms with Crippen LogP contribution in [-0.4, -0.2) is 39.7 Å². The molecule has 0 bridgehead atoms. The fraction of sp³-hybridized carbons (Fsp3) is 0.250. The number of carbonyl (C=O) groups is 1. The maximum absolute atomic E-state index is 13.0. The van der Waals surface area contributed by atoms with Crippen molar-refractivity contribution in [2.75, 3.05) is 13.7 Å². The minimum absolute atomic E-state index is 0.134. The summed E-state index contributed by atoms with van der Waals surface area (Å²) in [5.74, 6) is 0.244. The zero-order valence-electron chi connectivity index (χ0n) is 14.7. The van der Waals surface area contributed by atoms with E-state index < -0.39 is 0 Å². The van der Waals surface area contributed by atoms with Crippen LogP contribution in [0.4, 0.5) is 0 Å². The number of aromatic amines is 1. The molecular formula is C20H20N2O4. The lowest BCUT2D eigenvalue weighted by atomic mass is 10.0. The highest BCUT2D eigenvalue weighted by Gasteiger charge is 2.26. The van der Waals surface area contributed by atoms with E-state index in [0.717, 1.165) is 34.3 Å². The van der Waals surface area contributed by atoms with Gasteiger partial charge >= 0.3 is 0 Å². The lowest BCUT2D eigenvalue weighted by molar-refractivity contribution is 0.0746. The lowest BCUT2D eigenvalue weighted by Gasteiger charge is -2.22.